The monoisotopic (exact) mass is 783 g/mol. The zero-order valence-electron chi connectivity index (χ0n) is 34.6. The molecule has 1 amide bonds. The summed E-state index contributed by atoms with van der Waals surface area (Å²) in [6.07, 6.45) is 15.0. The van der Waals surface area contributed by atoms with Gasteiger partial charge >= 0.3 is 5.97 Å². The Morgan fingerprint density at radius 2 is 1.57 bits per heavy atom. The normalized spacial score (nSPS) is 37.5. The molecule has 0 aromatic heterocycles. The molecule has 11 nitrogen and oxygen atoms in total. The standard InChI is InChI=1S/C45H69NO10/c1-28-12-8-7-9-13-29(2)38(48)26-36-21-16-33(6)45(54,56-36)42(51)43(52)46-23-11-10-14-37(46)44(53)55-41(32(5)25-34-17-19-35(47)20-18-34)22-15-30(3)39(49)27-40(50)31(4)24-28/h7-9,12-13,15,28,31-39,41,47-49,54H,10-11,14,16-27H2,1-6H3. The van der Waals surface area contributed by atoms with Gasteiger partial charge in [-0.1, -0.05) is 64.2 Å². The molecule has 10 atom stereocenters. The Bertz CT molecular complexity index is 1480. The smallest absolute Gasteiger partial charge is 0.329 e. The number of ketones is 2. The van der Waals surface area contributed by atoms with Gasteiger partial charge in [-0.25, -0.2) is 4.79 Å². The Balaban J connectivity index is 1.63. The van der Waals surface area contributed by atoms with E-state index in [0.29, 0.717) is 55.6 Å². The molecule has 0 spiro atoms. The molecule has 314 valence electrons. The summed E-state index contributed by atoms with van der Waals surface area (Å²) >= 11 is 0. The van der Waals surface area contributed by atoms with Gasteiger partial charge in [0.1, 0.15) is 17.9 Å². The van der Waals surface area contributed by atoms with Crippen molar-refractivity contribution in [3.63, 3.8) is 0 Å². The number of aliphatic hydroxyl groups excluding tert-OH is 3. The van der Waals surface area contributed by atoms with E-state index in [1.54, 1.807) is 26.8 Å². The van der Waals surface area contributed by atoms with Crippen molar-refractivity contribution in [2.75, 3.05) is 6.54 Å². The van der Waals surface area contributed by atoms with E-state index in [1.807, 2.05) is 51.2 Å². The summed E-state index contributed by atoms with van der Waals surface area (Å²) in [6, 6.07) is -1.03. The van der Waals surface area contributed by atoms with Gasteiger partial charge in [-0.15, -0.1) is 0 Å². The van der Waals surface area contributed by atoms with Gasteiger partial charge in [0.2, 0.25) is 5.79 Å². The lowest BCUT2D eigenvalue weighted by Crippen LogP contribution is -2.60. The first-order valence-electron chi connectivity index (χ1n) is 21.2. The Labute approximate surface area is 334 Å². The molecule has 3 aliphatic heterocycles. The fraction of sp³-hybridized carbons (Fsp3) is 0.733. The van der Waals surface area contributed by atoms with E-state index in [2.05, 4.69) is 0 Å². The number of aliphatic hydroxyl groups is 4. The summed E-state index contributed by atoms with van der Waals surface area (Å²) in [5, 5.41) is 43.9. The number of hydrogen-bond acceptors (Lipinski definition) is 10. The third-order valence-electron chi connectivity index (χ3n) is 12.8. The average Bonchev–Trinajstić information content (AvgIpc) is 3.17. The fourth-order valence-electron chi connectivity index (χ4n) is 8.72. The molecule has 10 unspecified atom stereocenters. The lowest BCUT2D eigenvalue weighted by molar-refractivity contribution is -0.265. The van der Waals surface area contributed by atoms with E-state index < -0.39 is 59.8 Å². The minimum Gasteiger partial charge on any atom is -0.460 e. The van der Waals surface area contributed by atoms with E-state index in [4.69, 9.17) is 9.47 Å². The minimum absolute atomic E-state index is 0.0284. The highest BCUT2D eigenvalue weighted by molar-refractivity contribution is 6.39. The molecule has 4 aliphatic rings. The van der Waals surface area contributed by atoms with E-state index in [0.717, 1.165) is 32.1 Å². The van der Waals surface area contributed by atoms with Crippen LogP contribution in [-0.2, 0) is 28.7 Å². The molecule has 0 aromatic carbocycles. The molecule has 4 N–H and O–H groups in total. The van der Waals surface area contributed by atoms with Gasteiger partial charge in [0.25, 0.3) is 11.7 Å². The van der Waals surface area contributed by atoms with Crippen LogP contribution in [0.15, 0.2) is 47.6 Å². The number of esters is 1. The van der Waals surface area contributed by atoms with Crippen LogP contribution in [0.4, 0.5) is 0 Å². The number of rotatable bonds is 3. The third kappa shape index (κ3) is 12.5. The molecule has 0 radical (unpaired) electrons. The largest absolute Gasteiger partial charge is 0.460 e. The van der Waals surface area contributed by atoms with Crippen molar-refractivity contribution in [3.05, 3.63) is 47.6 Å². The molecule has 56 heavy (non-hydrogen) atoms. The number of fused-ring (bicyclic) bond motifs is 3. The maximum atomic E-state index is 14.1. The van der Waals surface area contributed by atoms with Crippen LogP contribution in [0.1, 0.15) is 131 Å². The van der Waals surface area contributed by atoms with Crippen molar-refractivity contribution in [2.24, 2.45) is 29.6 Å². The number of cyclic esters (lactones) is 1. The Morgan fingerprint density at radius 1 is 0.857 bits per heavy atom. The van der Waals surface area contributed by atoms with Gasteiger partial charge in [-0.3, -0.25) is 14.4 Å². The molecular weight excluding hydrogens is 714 g/mol. The number of piperidine rings is 1. The summed E-state index contributed by atoms with van der Waals surface area (Å²) < 4.78 is 12.3. The molecule has 3 fully saturated rings. The van der Waals surface area contributed by atoms with Crippen molar-refractivity contribution in [2.45, 2.75) is 174 Å². The van der Waals surface area contributed by atoms with Crippen molar-refractivity contribution in [3.8, 4) is 0 Å². The number of carbonyl (C=O) groups is 4. The van der Waals surface area contributed by atoms with Crippen LogP contribution in [0, 0.1) is 29.6 Å². The van der Waals surface area contributed by atoms with Gasteiger partial charge in [0.15, 0.2) is 0 Å². The van der Waals surface area contributed by atoms with E-state index in [9.17, 15) is 39.6 Å². The van der Waals surface area contributed by atoms with E-state index in [1.165, 1.54) is 4.90 Å². The summed E-state index contributed by atoms with van der Waals surface area (Å²) in [7, 11) is 0. The van der Waals surface area contributed by atoms with Gasteiger partial charge in [-0.05, 0) is 113 Å². The van der Waals surface area contributed by atoms with Crippen LogP contribution in [-0.4, -0.2) is 97.7 Å². The van der Waals surface area contributed by atoms with Crippen LogP contribution in [0.3, 0.4) is 0 Å². The predicted molar refractivity (Wildman–Crippen MR) is 214 cm³/mol. The van der Waals surface area contributed by atoms with Crippen LogP contribution in [0.25, 0.3) is 0 Å². The molecule has 11 heteroatoms. The van der Waals surface area contributed by atoms with E-state index in [-0.39, 0.29) is 55.4 Å². The summed E-state index contributed by atoms with van der Waals surface area (Å²) in [6.45, 7) is 11.3. The molecule has 4 rings (SSSR count). The summed E-state index contributed by atoms with van der Waals surface area (Å²) in [5.41, 5.74) is 1.27. The van der Waals surface area contributed by atoms with Crippen LogP contribution < -0.4 is 0 Å². The predicted octanol–water partition coefficient (Wildman–Crippen LogP) is 6.07. The Hall–Kier alpha value is -2.96. The zero-order chi connectivity index (χ0) is 41.2. The molecule has 3 heterocycles. The number of Topliss-reactive ketones (excluding diaryl/α,β-unsaturated/α-hetero) is 2. The molecule has 2 bridgehead atoms. The van der Waals surface area contributed by atoms with Crippen LogP contribution in [0.5, 0.6) is 0 Å². The second-order valence-corrected chi connectivity index (χ2v) is 17.5. The second kappa shape index (κ2) is 21.2. The summed E-state index contributed by atoms with van der Waals surface area (Å²) in [5.74, 6) is -5.79. The number of nitrogens with zero attached hydrogens (tertiary/aromatic N) is 1. The van der Waals surface area contributed by atoms with Gasteiger partial charge < -0.3 is 34.8 Å². The Kier molecular flexibility index (Phi) is 17.3. The average molecular weight is 784 g/mol. The van der Waals surface area contributed by atoms with Crippen molar-refractivity contribution in [1.29, 1.82) is 0 Å². The van der Waals surface area contributed by atoms with E-state index >= 15 is 0 Å². The van der Waals surface area contributed by atoms with Gasteiger partial charge in [0, 0.05) is 37.6 Å². The lowest BCUT2D eigenvalue weighted by atomic mass is 9.80. The molecule has 1 saturated carbocycles. The first kappa shape index (κ1) is 45.7. The van der Waals surface area contributed by atoms with Crippen LogP contribution >= 0.6 is 0 Å². The quantitative estimate of drug-likeness (QED) is 0.150. The first-order valence-corrected chi connectivity index (χ1v) is 21.2. The highest BCUT2D eigenvalue weighted by Crippen LogP contribution is 2.37. The molecule has 1 aliphatic carbocycles. The second-order valence-electron chi connectivity index (χ2n) is 17.5. The maximum Gasteiger partial charge on any atom is 0.329 e. The zero-order valence-corrected chi connectivity index (χ0v) is 34.6. The number of carbonyl (C=O) groups excluding carboxylic acids is 4. The maximum absolute atomic E-state index is 14.1. The van der Waals surface area contributed by atoms with Gasteiger partial charge in [0.05, 0.1) is 24.4 Å². The highest BCUT2D eigenvalue weighted by atomic mass is 16.6. The third-order valence-corrected chi connectivity index (χ3v) is 12.8. The van der Waals surface area contributed by atoms with Crippen LogP contribution in [0.2, 0.25) is 0 Å². The molecule has 2 saturated heterocycles. The lowest BCUT2D eigenvalue weighted by Gasteiger charge is -2.42. The topological polar surface area (TPSA) is 171 Å². The number of amides is 1. The summed E-state index contributed by atoms with van der Waals surface area (Å²) in [4.78, 5) is 56.5. The number of hydrogen-bond donors (Lipinski definition) is 4. The first-order chi connectivity index (χ1) is 26.5. The molecule has 0 aromatic rings. The fourth-order valence-corrected chi connectivity index (χ4v) is 8.72. The SMILES string of the molecule is CC1=CCC(C(C)CC2CCC(O)CC2)OC(=O)C2CCCCN2C(=O)C(=O)C2(O)OC(CCC2C)CC(O)C(C)=CC=CC=CC(C)CC(C)C(=O)CC1O. The minimum atomic E-state index is -2.42. The van der Waals surface area contributed by atoms with Crippen molar-refractivity contribution >= 4 is 23.4 Å². The number of ether oxygens (including phenoxy) is 2. The van der Waals surface area contributed by atoms with Crippen molar-refractivity contribution < 1.29 is 49.1 Å². The molecular formula is C45H69NO10. The number of allylic oxidation sites excluding steroid dienone is 5. The van der Waals surface area contributed by atoms with Gasteiger partial charge in [-0.2, -0.15) is 0 Å². The van der Waals surface area contributed by atoms with Crippen molar-refractivity contribution in [1.82, 2.24) is 4.90 Å². The highest BCUT2D eigenvalue weighted by Gasteiger charge is 2.53. The Morgan fingerprint density at radius 3 is 2.29 bits per heavy atom.